The predicted octanol–water partition coefficient (Wildman–Crippen LogP) is 3.27. The summed E-state index contributed by atoms with van der Waals surface area (Å²) in [6.07, 6.45) is -4.75. The highest BCUT2D eigenvalue weighted by Crippen LogP contribution is 2.27. The minimum absolute atomic E-state index is 0.473. The third kappa shape index (κ3) is 4.04. The molecule has 0 radical (unpaired) electrons. The van der Waals surface area contributed by atoms with E-state index in [1.165, 1.54) is 0 Å². The van der Waals surface area contributed by atoms with Gasteiger partial charge in [0.2, 0.25) is 0 Å². The van der Waals surface area contributed by atoms with E-state index in [-0.39, 0.29) is 0 Å². The largest absolute Gasteiger partial charge is 0.481 e. The molecule has 1 aromatic carbocycles. The van der Waals surface area contributed by atoms with Crippen LogP contribution in [0, 0.1) is 16.4 Å². The molecule has 100 valence electrons. The fourth-order valence-electron chi connectivity index (χ4n) is 1.27. The van der Waals surface area contributed by atoms with Gasteiger partial charge in [-0.05, 0) is 47.2 Å². The maximum atomic E-state index is 12.4. The molecule has 1 rings (SSSR count). The molecule has 3 nitrogen and oxygen atoms in total. The van der Waals surface area contributed by atoms with Crippen molar-refractivity contribution in [2.24, 2.45) is 5.92 Å². The van der Waals surface area contributed by atoms with Crippen molar-refractivity contribution in [1.29, 1.82) is 0 Å². The Hall–Kier alpha value is -0.990. The minimum Gasteiger partial charge on any atom is -0.481 e. The summed E-state index contributed by atoms with van der Waals surface area (Å²) >= 11 is 2.06. The molecule has 0 aliphatic rings. The average molecular weight is 373 g/mol. The number of carboxylic acid groups (broad SMARTS) is 1. The Balaban J connectivity index is 2.73. The van der Waals surface area contributed by atoms with Crippen molar-refractivity contribution in [2.75, 3.05) is 11.9 Å². The molecule has 2 N–H and O–H groups in total. The van der Waals surface area contributed by atoms with Crippen molar-refractivity contribution < 1.29 is 23.1 Å². The van der Waals surface area contributed by atoms with Crippen LogP contribution in [0.25, 0.3) is 0 Å². The molecule has 18 heavy (non-hydrogen) atoms. The van der Waals surface area contributed by atoms with Crippen LogP contribution in [0.15, 0.2) is 18.2 Å². The number of aryl methyl sites for hydroxylation is 1. The highest BCUT2D eigenvalue weighted by molar-refractivity contribution is 14.1. The van der Waals surface area contributed by atoms with Crippen molar-refractivity contribution in [3.05, 3.63) is 27.3 Å². The molecule has 0 aliphatic heterocycles. The van der Waals surface area contributed by atoms with Gasteiger partial charge in [-0.3, -0.25) is 4.79 Å². The maximum absolute atomic E-state index is 12.4. The van der Waals surface area contributed by atoms with Crippen LogP contribution in [0.3, 0.4) is 0 Å². The maximum Gasteiger partial charge on any atom is 0.403 e. The lowest BCUT2D eigenvalue weighted by atomic mass is 10.1. The number of alkyl halides is 3. The smallest absolute Gasteiger partial charge is 0.403 e. The summed E-state index contributed by atoms with van der Waals surface area (Å²) in [5.74, 6) is -4.28. The summed E-state index contributed by atoms with van der Waals surface area (Å²) in [4.78, 5) is 10.5. The summed E-state index contributed by atoms with van der Waals surface area (Å²) < 4.78 is 38.1. The summed E-state index contributed by atoms with van der Waals surface area (Å²) in [5.41, 5.74) is 1.48. The van der Waals surface area contributed by atoms with Gasteiger partial charge in [-0.2, -0.15) is 13.2 Å². The van der Waals surface area contributed by atoms with E-state index in [1.54, 1.807) is 18.2 Å². The van der Waals surface area contributed by atoms with Crippen molar-refractivity contribution in [2.45, 2.75) is 13.1 Å². The molecular formula is C11H11F3INO2. The van der Waals surface area contributed by atoms with Crippen molar-refractivity contribution >= 4 is 34.2 Å². The molecule has 1 unspecified atom stereocenters. The van der Waals surface area contributed by atoms with E-state index in [4.69, 9.17) is 5.11 Å². The van der Waals surface area contributed by atoms with Gasteiger partial charge >= 0.3 is 12.1 Å². The molecule has 1 atom stereocenters. The molecule has 1 aromatic rings. The number of hydrogen-bond acceptors (Lipinski definition) is 2. The van der Waals surface area contributed by atoms with Crippen LogP contribution in [-0.4, -0.2) is 23.8 Å². The quantitative estimate of drug-likeness (QED) is 0.797. The monoisotopic (exact) mass is 373 g/mol. The summed E-state index contributed by atoms with van der Waals surface area (Å²) in [6, 6.07) is 5.05. The van der Waals surface area contributed by atoms with Gasteiger partial charge in [-0.25, -0.2) is 0 Å². The summed E-state index contributed by atoms with van der Waals surface area (Å²) in [5, 5.41) is 11.0. The van der Waals surface area contributed by atoms with Crippen LogP contribution < -0.4 is 5.32 Å². The average Bonchev–Trinajstić information content (AvgIpc) is 2.21. The Labute approximate surface area is 116 Å². The zero-order valence-electron chi connectivity index (χ0n) is 9.38. The van der Waals surface area contributed by atoms with E-state index in [0.717, 1.165) is 9.13 Å². The second-order valence-corrected chi connectivity index (χ2v) is 4.94. The zero-order valence-corrected chi connectivity index (χ0v) is 11.5. The van der Waals surface area contributed by atoms with Gasteiger partial charge in [-0.1, -0.05) is 6.07 Å². The van der Waals surface area contributed by atoms with Gasteiger partial charge in [0.15, 0.2) is 5.92 Å². The van der Waals surface area contributed by atoms with E-state index < -0.39 is 24.6 Å². The Morgan fingerprint density at radius 1 is 1.50 bits per heavy atom. The molecular weight excluding hydrogens is 362 g/mol. The van der Waals surface area contributed by atoms with Gasteiger partial charge in [0.05, 0.1) is 0 Å². The lowest BCUT2D eigenvalue weighted by Crippen LogP contribution is -2.36. The van der Waals surface area contributed by atoms with Crippen LogP contribution in [0.5, 0.6) is 0 Å². The van der Waals surface area contributed by atoms with Crippen molar-refractivity contribution in [3.63, 3.8) is 0 Å². The number of benzene rings is 1. The lowest BCUT2D eigenvalue weighted by Gasteiger charge is -2.17. The number of aliphatic carboxylic acids is 1. The van der Waals surface area contributed by atoms with Crippen LogP contribution in [0.4, 0.5) is 18.9 Å². The third-order valence-electron chi connectivity index (χ3n) is 2.38. The van der Waals surface area contributed by atoms with Crippen LogP contribution >= 0.6 is 22.6 Å². The van der Waals surface area contributed by atoms with E-state index >= 15 is 0 Å². The second kappa shape index (κ2) is 5.77. The number of halogens is 4. The van der Waals surface area contributed by atoms with E-state index in [9.17, 15) is 18.0 Å². The number of hydrogen-bond donors (Lipinski definition) is 2. The first-order chi connectivity index (χ1) is 8.21. The molecule has 0 bridgehead atoms. The Morgan fingerprint density at radius 2 is 2.11 bits per heavy atom. The Bertz CT molecular complexity index is 448. The molecule has 0 fully saturated rings. The fraction of sp³-hybridized carbons (Fsp3) is 0.364. The Morgan fingerprint density at radius 3 is 2.56 bits per heavy atom. The van der Waals surface area contributed by atoms with E-state index in [1.807, 2.05) is 6.92 Å². The topological polar surface area (TPSA) is 49.3 Å². The molecule has 7 heteroatoms. The number of rotatable bonds is 4. The van der Waals surface area contributed by atoms with Crippen LogP contribution in [0.1, 0.15) is 5.56 Å². The molecule has 0 amide bonds. The van der Waals surface area contributed by atoms with Gasteiger partial charge in [0.25, 0.3) is 0 Å². The summed E-state index contributed by atoms with van der Waals surface area (Å²) in [6.45, 7) is 1.19. The van der Waals surface area contributed by atoms with Crippen molar-refractivity contribution in [3.8, 4) is 0 Å². The lowest BCUT2D eigenvalue weighted by molar-refractivity contribution is -0.190. The van der Waals surface area contributed by atoms with Gasteiger partial charge in [0, 0.05) is 15.8 Å². The number of anilines is 1. The number of carbonyl (C=O) groups is 1. The molecule has 0 saturated heterocycles. The molecule has 0 heterocycles. The highest BCUT2D eigenvalue weighted by atomic mass is 127. The zero-order chi connectivity index (χ0) is 13.9. The first-order valence-corrected chi connectivity index (χ1v) is 6.09. The van der Waals surface area contributed by atoms with Gasteiger partial charge in [-0.15, -0.1) is 0 Å². The van der Waals surface area contributed by atoms with E-state index in [0.29, 0.717) is 5.69 Å². The summed E-state index contributed by atoms with van der Waals surface area (Å²) in [7, 11) is 0. The highest BCUT2D eigenvalue weighted by Gasteiger charge is 2.44. The standard InChI is InChI=1S/C11H11F3INO2/c1-6-2-3-7(4-9(6)15)16-5-8(10(17)18)11(12,13)14/h2-4,8,16H,5H2,1H3,(H,17,18). The normalized spacial score (nSPS) is 13.2. The minimum atomic E-state index is -4.75. The molecule has 0 saturated carbocycles. The van der Waals surface area contributed by atoms with Crippen molar-refractivity contribution in [1.82, 2.24) is 0 Å². The molecule has 0 spiro atoms. The number of nitrogens with one attached hydrogen (secondary N) is 1. The first-order valence-electron chi connectivity index (χ1n) is 5.01. The molecule has 0 aliphatic carbocycles. The van der Waals surface area contributed by atoms with Gasteiger partial charge in [0.1, 0.15) is 0 Å². The Kier molecular flexibility index (Phi) is 4.83. The van der Waals surface area contributed by atoms with E-state index in [2.05, 4.69) is 27.9 Å². The van der Waals surface area contributed by atoms with Crippen LogP contribution in [0.2, 0.25) is 0 Å². The predicted molar refractivity (Wildman–Crippen MR) is 69.6 cm³/mol. The third-order valence-corrected chi connectivity index (χ3v) is 3.54. The number of carboxylic acids is 1. The molecule has 0 aromatic heterocycles. The van der Waals surface area contributed by atoms with Gasteiger partial charge < -0.3 is 10.4 Å². The van der Waals surface area contributed by atoms with Crippen LogP contribution in [-0.2, 0) is 4.79 Å². The fourth-order valence-corrected chi connectivity index (χ4v) is 1.78. The first kappa shape index (κ1) is 15.1. The SMILES string of the molecule is Cc1ccc(NCC(C(=O)O)C(F)(F)F)cc1I. The second-order valence-electron chi connectivity index (χ2n) is 3.78.